The Labute approximate surface area is 187 Å². The van der Waals surface area contributed by atoms with Crippen LogP contribution in [0.5, 0.6) is 5.75 Å². The maximum Gasteiger partial charge on any atom is 0.248 e. The van der Waals surface area contributed by atoms with E-state index >= 15 is 0 Å². The van der Waals surface area contributed by atoms with Gasteiger partial charge < -0.3 is 15.8 Å². The minimum atomic E-state index is -0.640. The molecule has 0 aliphatic carbocycles. The van der Waals surface area contributed by atoms with Gasteiger partial charge in [0.15, 0.2) is 5.13 Å². The first-order valence-corrected chi connectivity index (χ1v) is 10.2. The molecule has 0 bridgehead atoms. The van der Waals surface area contributed by atoms with Gasteiger partial charge in [-0.25, -0.2) is 9.37 Å². The number of nitrogens with one attached hydrogen (secondary N) is 1. The SMILES string of the molecule is COc1ccc(C(N)=O)cc1NC(=O)/C=C/c1csc(N(C(C)=O)c2ccccc2F)n1. The monoisotopic (exact) mass is 454 g/mol. The van der Waals surface area contributed by atoms with Crippen LogP contribution in [0.25, 0.3) is 6.08 Å². The summed E-state index contributed by atoms with van der Waals surface area (Å²) < 4.78 is 19.3. The molecule has 0 spiro atoms. The molecule has 0 saturated carbocycles. The zero-order chi connectivity index (χ0) is 23.3. The molecule has 0 saturated heterocycles. The Kier molecular flexibility index (Phi) is 6.96. The molecular weight excluding hydrogens is 435 g/mol. The largest absolute Gasteiger partial charge is 0.495 e. The number of rotatable bonds is 7. The summed E-state index contributed by atoms with van der Waals surface area (Å²) >= 11 is 1.13. The molecule has 2 aromatic carbocycles. The first kappa shape index (κ1) is 22.6. The standard InChI is InChI=1S/C22H19FN4O4S/c1-13(28)27(18-6-4-3-5-16(18)23)22-25-15(12-32-22)8-10-20(29)26-17-11-14(21(24)30)7-9-19(17)31-2/h3-12H,1-2H3,(H2,24,30)(H,26,29)/b10-8+. The lowest BCUT2D eigenvalue weighted by molar-refractivity contribution is -0.116. The Balaban J connectivity index is 1.78. The summed E-state index contributed by atoms with van der Waals surface area (Å²) in [5.74, 6) is -1.74. The highest BCUT2D eigenvalue weighted by Gasteiger charge is 2.20. The molecule has 3 aromatic rings. The molecule has 0 aliphatic rings. The van der Waals surface area contributed by atoms with Crippen LogP contribution in [-0.4, -0.2) is 29.8 Å². The number of anilines is 3. The van der Waals surface area contributed by atoms with Gasteiger partial charge in [0.1, 0.15) is 11.6 Å². The highest BCUT2D eigenvalue weighted by atomic mass is 32.1. The fourth-order valence-corrected chi connectivity index (χ4v) is 3.64. The van der Waals surface area contributed by atoms with Gasteiger partial charge in [0.2, 0.25) is 17.7 Å². The van der Waals surface area contributed by atoms with Gasteiger partial charge in [-0.2, -0.15) is 0 Å². The number of thiazole rings is 1. The predicted molar refractivity (Wildman–Crippen MR) is 121 cm³/mol. The van der Waals surface area contributed by atoms with Crippen molar-refractivity contribution in [3.63, 3.8) is 0 Å². The number of para-hydroxylation sites is 1. The first-order chi connectivity index (χ1) is 15.3. The van der Waals surface area contributed by atoms with E-state index in [2.05, 4.69) is 10.3 Å². The van der Waals surface area contributed by atoms with E-state index in [0.717, 1.165) is 16.2 Å². The Morgan fingerprint density at radius 1 is 1.22 bits per heavy atom. The van der Waals surface area contributed by atoms with Crippen LogP contribution in [0.2, 0.25) is 0 Å². The predicted octanol–water partition coefficient (Wildman–Crippen LogP) is 3.73. The van der Waals surface area contributed by atoms with Crippen molar-refractivity contribution >= 4 is 51.6 Å². The van der Waals surface area contributed by atoms with Gasteiger partial charge in [0.05, 0.1) is 24.2 Å². The maximum absolute atomic E-state index is 14.2. The number of halogens is 1. The van der Waals surface area contributed by atoms with E-state index in [1.165, 1.54) is 62.6 Å². The highest BCUT2D eigenvalue weighted by molar-refractivity contribution is 7.14. The quantitative estimate of drug-likeness (QED) is 0.528. The molecule has 0 atom stereocenters. The minimum Gasteiger partial charge on any atom is -0.495 e. The van der Waals surface area contributed by atoms with Crippen molar-refractivity contribution in [1.82, 2.24) is 4.98 Å². The summed E-state index contributed by atoms with van der Waals surface area (Å²) in [4.78, 5) is 41.3. The molecule has 32 heavy (non-hydrogen) atoms. The number of carbonyl (C=O) groups is 3. The van der Waals surface area contributed by atoms with E-state index in [9.17, 15) is 18.8 Å². The lowest BCUT2D eigenvalue weighted by Gasteiger charge is -2.18. The lowest BCUT2D eigenvalue weighted by Crippen LogP contribution is -2.23. The summed E-state index contributed by atoms with van der Waals surface area (Å²) in [5, 5.41) is 4.50. The van der Waals surface area contributed by atoms with Crippen molar-refractivity contribution in [2.24, 2.45) is 5.73 Å². The molecule has 3 N–H and O–H groups in total. The fourth-order valence-electron chi connectivity index (χ4n) is 2.79. The smallest absolute Gasteiger partial charge is 0.248 e. The summed E-state index contributed by atoms with van der Waals surface area (Å²) in [7, 11) is 1.43. The van der Waals surface area contributed by atoms with Gasteiger partial charge in [0.25, 0.3) is 0 Å². The molecule has 0 unspecified atom stereocenters. The number of primary amides is 1. The minimum absolute atomic E-state index is 0.0871. The number of hydrogen-bond donors (Lipinski definition) is 2. The van der Waals surface area contributed by atoms with Crippen LogP contribution in [0.3, 0.4) is 0 Å². The number of amides is 3. The number of nitrogens with zero attached hydrogens (tertiary/aromatic N) is 2. The van der Waals surface area contributed by atoms with E-state index in [4.69, 9.17) is 10.5 Å². The van der Waals surface area contributed by atoms with E-state index in [1.807, 2.05) is 0 Å². The number of nitrogens with two attached hydrogens (primary N) is 1. The molecule has 0 fully saturated rings. The van der Waals surface area contributed by atoms with Crippen molar-refractivity contribution in [3.8, 4) is 5.75 Å². The van der Waals surface area contributed by atoms with Gasteiger partial charge >= 0.3 is 0 Å². The highest BCUT2D eigenvalue weighted by Crippen LogP contribution is 2.31. The lowest BCUT2D eigenvalue weighted by atomic mass is 10.1. The van der Waals surface area contributed by atoms with Crippen LogP contribution in [0, 0.1) is 5.82 Å². The second-order valence-electron chi connectivity index (χ2n) is 6.46. The average Bonchev–Trinajstić information content (AvgIpc) is 3.22. The van der Waals surface area contributed by atoms with Gasteiger partial charge in [-0.05, 0) is 36.4 Å². The molecule has 10 heteroatoms. The maximum atomic E-state index is 14.2. The fraction of sp³-hybridized carbons (Fsp3) is 0.0909. The van der Waals surface area contributed by atoms with Gasteiger partial charge in [-0.15, -0.1) is 11.3 Å². The van der Waals surface area contributed by atoms with E-state index in [-0.39, 0.29) is 22.1 Å². The average molecular weight is 454 g/mol. The van der Waals surface area contributed by atoms with Crippen molar-refractivity contribution in [3.05, 3.63) is 71.0 Å². The van der Waals surface area contributed by atoms with Gasteiger partial charge in [-0.3, -0.25) is 19.3 Å². The first-order valence-electron chi connectivity index (χ1n) is 9.28. The van der Waals surface area contributed by atoms with Crippen molar-refractivity contribution < 1.29 is 23.5 Å². The van der Waals surface area contributed by atoms with Crippen LogP contribution < -0.4 is 20.7 Å². The molecule has 3 rings (SSSR count). The van der Waals surface area contributed by atoms with Crippen LogP contribution in [-0.2, 0) is 9.59 Å². The molecule has 0 aliphatic heterocycles. The number of methoxy groups -OCH3 is 1. The summed E-state index contributed by atoms with van der Waals surface area (Å²) in [6.07, 6.45) is 2.68. The molecular formula is C22H19FN4O4S. The third-order valence-corrected chi connectivity index (χ3v) is 5.10. The molecule has 3 amide bonds. The van der Waals surface area contributed by atoms with Crippen LogP contribution in [0.1, 0.15) is 23.0 Å². The second kappa shape index (κ2) is 9.84. The molecule has 164 valence electrons. The van der Waals surface area contributed by atoms with Crippen LogP contribution in [0.15, 0.2) is 53.9 Å². The zero-order valence-corrected chi connectivity index (χ0v) is 18.0. The number of hydrogen-bond acceptors (Lipinski definition) is 6. The van der Waals surface area contributed by atoms with Crippen LogP contribution in [0.4, 0.5) is 20.9 Å². The molecule has 1 aromatic heterocycles. The van der Waals surface area contributed by atoms with E-state index in [0.29, 0.717) is 11.4 Å². The van der Waals surface area contributed by atoms with Crippen molar-refractivity contribution in [1.29, 1.82) is 0 Å². The Hall–Kier alpha value is -4.05. The molecule has 0 radical (unpaired) electrons. The number of carbonyl (C=O) groups excluding carboxylic acids is 3. The summed E-state index contributed by atoms with van der Waals surface area (Å²) in [6.45, 7) is 1.31. The third kappa shape index (κ3) is 5.16. The number of ether oxygens (including phenoxy) is 1. The second-order valence-corrected chi connectivity index (χ2v) is 7.30. The van der Waals surface area contributed by atoms with E-state index in [1.54, 1.807) is 11.4 Å². The van der Waals surface area contributed by atoms with Crippen molar-refractivity contribution in [2.45, 2.75) is 6.92 Å². The van der Waals surface area contributed by atoms with Gasteiger partial charge in [0, 0.05) is 23.9 Å². The normalized spacial score (nSPS) is 10.7. The molecule has 1 heterocycles. The Morgan fingerprint density at radius 2 is 1.97 bits per heavy atom. The summed E-state index contributed by atoms with van der Waals surface area (Å²) in [5.41, 5.74) is 6.26. The van der Waals surface area contributed by atoms with Gasteiger partial charge in [-0.1, -0.05) is 12.1 Å². The van der Waals surface area contributed by atoms with Crippen molar-refractivity contribution in [2.75, 3.05) is 17.3 Å². The zero-order valence-electron chi connectivity index (χ0n) is 17.2. The topological polar surface area (TPSA) is 115 Å². The summed E-state index contributed by atoms with van der Waals surface area (Å²) in [6, 6.07) is 10.3. The Morgan fingerprint density at radius 3 is 2.62 bits per heavy atom. The number of benzene rings is 2. The van der Waals surface area contributed by atoms with Crippen LogP contribution >= 0.6 is 11.3 Å². The third-order valence-electron chi connectivity index (χ3n) is 4.26. The Bertz CT molecular complexity index is 1210. The van der Waals surface area contributed by atoms with E-state index < -0.39 is 23.5 Å². The number of aromatic nitrogens is 1. The molecule has 8 nitrogen and oxygen atoms in total.